The quantitative estimate of drug-likeness (QED) is 0.0267. The Morgan fingerprint density at radius 2 is 0.930 bits per heavy atom. The first-order valence-electron chi connectivity index (χ1n) is 22.8. The van der Waals surface area contributed by atoms with Crippen LogP contribution in [0.25, 0.3) is 0 Å². The average molecular weight is 822 g/mol. The van der Waals surface area contributed by atoms with Crippen molar-refractivity contribution in [1.29, 1.82) is 0 Å². The van der Waals surface area contributed by atoms with Crippen LogP contribution in [0.4, 0.5) is 0 Å². The highest BCUT2D eigenvalue weighted by atomic mass is 31.2. The number of unbranched alkanes of at least 4 members (excludes halogenated alkanes) is 19. The first-order valence-corrected chi connectivity index (χ1v) is 24.3. The Balaban J connectivity index is 4.24. The van der Waals surface area contributed by atoms with E-state index in [2.05, 4.69) is 74.6 Å². The lowest BCUT2D eigenvalue weighted by molar-refractivity contribution is -0.161. The van der Waals surface area contributed by atoms with Crippen LogP contribution in [0.2, 0.25) is 0 Å². The van der Waals surface area contributed by atoms with E-state index >= 15 is 0 Å². The lowest BCUT2D eigenvalue weighted by Crippen LogP contribution is -2.29. The van der Waals surface area contributed by atoms with E-state index in [4.69, 9.17) is 24.3 Å². The molecular weight excluding hydrogens is 737 g/mol. The average Bonchev–Trinajstić information content (AvgIpc) is 3.20. The number of nitrogens with two attached hydrogens (primary N) is 1. The van der Waals surface area contributed by atoms with Crippen molar-refractivity contribution in [3.63, 3.8) is 0 Å². The van der Waals surface area contributed by atoms with Gasteiger partial charge in [0.05, 0.1) is 13.2 Å². The van der Waals surface area contributed by atoms with E-state index in [-0.39, 0.29) is 32.6 Å². The number of phosphoric ester groups is 1. The Morgan fingerprint density at radius 3 is 1.42 bits per heavy atom. The van der Waals surface area contributed by atoms with E-state index in [9.17, 15) is 19.0 Å². The SMILES string of the molecule is CCCCCCCC/C=C/CCCCCCCC(=O)O[C@@H](COC(=O)CCC/C=C/C/C=C/C/C=C/C/C=C/CCCCCCCCC)COP(=O)(O)OCCN. The Hall–Kier alpha value is -2.29. The van der Waals surface area contributed by atoms with Gasteiger partial charge in [-0.1, -0.05) is 164 Å². The van der Waals surface area contributed by atoms with Gasteiger partial charge in [0, 0.05) is 19.4 Å². The number of carbonyl (C=O) groups is 2. The van der Waals surface area contributed by atoms with E-state index in [1.807, 2.05) is 0 Å². The summed E-state index contributed by atoms with van der Waals surface area (Å²) in [4.78, 5) is 34.9. The predicted molar refractivity (Wildman–Crippen MR) is 238 cm³/mol. The van der Waals surface area contributed by atoms with E-state index in [1.165, 1.54) is 96.3 Å². The topological polar surface area (TPSA) is 134 Å². The van der Waals surface area contributed by atoms with Crippen molar-refractivity contribution in [2.45, 2.75) is 200 Å². The zero-order valence-electron chi connectivity index (χ0n) is 36.3. The molecule has 0 spiro atoms. The Kier molecular flexibility index (Phi) is 41.6. The molecule has 10 heteroatoms. The summed E-state index contributed by atoms with van der Waals surface area (Å²) in [6, 6.07) is 0. The van der Waals surface area contributed by atoms with Crippen LogP contribution in [0.5, 0.6) is 0 Å². The highest BCUT2D eigenvalue weighted by Crippen LogP contribution is 2.43. The molecule has 0 aromatic rings. The first kappa shape index (κ1) is 54.7. The largest absolute Gasteiger partial charge is 0.472 e. The number of esters is 2. The summed E-state index contributed by atoms with van der Waals surface area (Å²) >= 11 is 0. The zero-order valence-corrected chi connectivity index (χ0v) is 37.2. The van der Waals surface area contributed by atoms with E-state index in [0.29, 0.717) is 12.8 Å². The summed E-state index contributed by atoms with van der Waals surface area (Å²) < 4.78 is 32.7. The van der Waals surface area contributed by atoms with Gasteiger partial charge in [0.2, 0.25) is 0 Å². The van der Waals surface area contributed by atoms with Crippen LogP contribution < -0.4 is 5.73 Å². The lowest BCUT2D eigenvalue weighted by Gasteiger charge is -2.19. The molecule has 0 bridgehead atoms. The molecule has 0 aliphatic rings. The van der Waals surface area contributed by atoms with E-state index in [1.54, 1.807) is 0 Å². The number of hydrogen-bond donors (Lipinski definition) is 2. The minimum atomic E-state index is -4.39. The van der Waals surface area contributed by atoms with Crippen LogP contribution in [-0.4, -0.2) is 49.3 Å². The van der Waals surface area contributed by atoms with Crippen molar-refractivity contribution in [3.05, 3.63) is 60.8 Å². The van der Waals surface area contributed by atoms with Crippen LogP contribution in [0, 0.1) is 0 Å². The molecule has 3 N–H and O–H groups in total. The summed E-state index contributed by atoms with van der Waals surface area (Å²) in [6.45, 7) is 3.65. The Labute approximate surface area is 349 Å². The van der Waals surface area contributed by atoms with Crippen LogP contribution >= 0.6 is 7.82 Å². The van der Waals surface area contributed by atoms with Crippen molar-refractivity contribution < 1.29 is 37.6 Å². The molecule has 0 aromatic carbocycles. The third kappa shape index (κ3) is 43.1. The Bertz CT molecular complexity index is 1120. The standard InChI is InChI=1S/C47H84NO8P/c1-3-5-7-9-11-13-15-17-19-20-21-22-23-24-26-27-29-31-33-35-37-39-46(49)53-43-45(44-55-57(51,52)54-42-41-48)56-47(50)40-38-36-34-32-30-28-25-18-16-14-12-10-8-6-4-2/h18-20,22-23,25-27,31,33,45H,3-17,21,24,28-30,32,34-44,48H2,1-2H3,(H,51,52)/b20-19+,23-22+,25-18+,27-26+,33-31+/t45-/m0/s1. The Morgan fingerprint density at radius 1 is 0.526 bits per heavy atom. The summed E-state index contributed by atoms with van der Waals surface area (Å²) in [7, 11) is -4.39. The van der Waals surface area contributed by atoms with Crippen LogP contribution in [0.1, 0.15) is 194 Å². The van der Waals surface area contributed by atoms with Crippen molar-refractivity contribution in [1.82, 2.24) is 0 Å². The molecule has 9 nitrogen and oxygen atoms in total. The van der Waals surface area contributed by atoms with Crippen LogP contribution in [0.15, 0.2) is 60.8 Å². The fraction of sp³-hybridized carbons (Fsp3) is 0.745. The van der Waals surface area contributed by atoms with Gasteiger partial charge in [-0.3, -0.25) is 18.6 Å². The van der Waals surface area contributed by atoms with Gasteiger partial charge in [0.1, 0.15) is 6.61 Å². The second kappa shape index (κ2) is 43.3. The second-order valence-corrected chi connectivity index (χ2v) is 16.4. The molecular formula is C47H84NO8P. The fourth-order valence-corrected chi connectivity index (χ4v) is 6.74. The van der Waals surface area contributed by atoms with Crippen LogP contribution in [0.3, 0.4) is 0 Å². The van der Waals surface area contributed by atoms with E-state index < -0.39 is 32.5 Å². The number of rotatable bonds is 42. The molecule has 0 saturated carbocycles. The van der Waals surface area contributed by atoms with Crippen molar-refractivity contribution in [3.8, 4) is 0 Å². The first-order chi connectivity index (χ1) is 27.8. The number of hydrogen-bond acceptors (Lipinski definition) is 8. The maximum Gasteiger partial charge on any atom is 0.472 e. The third-order valence-electron chi connectivity index (χ3n) is 9.38. The molecule has 0 aliphatic heterocycles. The number of allylic oxidation sites excluding steroid dienone is 10. The van der Waals surface area contributed by atoms with Gasteiger partial charge in [0.25, 0.3) is 0 Å². The molecule has 2 atom stereocenters. The minimum Gasteiger partial charge on any atom is -0.462 e. The molecule has 57 heavy (non-hydrogen) atoms. The van der Waals surface area contributed by atoms with Crippen LogP contribution in [-0.2, 0) is 32.7 Å². The highest BCUT2D eigenvalue weighted by Gasteiger charge is 2.26. The van der Waals surface area contributed by atoms with Crippen molar-refractivity contribution >= 4 is 19.8 Å². The molecule has 330 valence electrons. The molecule has 0 aliphatic carbocycles. The number of carbonyl (C=O) groups excluding carboxylic acids is 2. The molecule has 0 rings (SSSR count). The smallest absolute Gasteiger partial charge is 0.462 e. The van der Waals surface area contributed by atoms with Crippen molar-refractivity contribution in [2.24, 2.45) is 5.73 Å². The van der Waals surface area contributed by atoms with Gasteiger partial charge < -0.3 is 20.1 Å². The number of phosphoric acid groups is 1. The summed E-state index contributed by atoms with van der Waals surface area (Å²) in [6.07, 6.45) is 51.2. The molecule has 0 amide bonds. The summed E-state index contributed by atoms with van der Waals surface area (Å²) in [5, 5.41) is 0. The number of ether oxygens (including phenoxy) is 2. The zero-order chi connectivity index (χ0) is 41.8. The fourth-order valence-electron chi connectivity index (χ4n) is 5.97. The van der Waals surface area contributed by atoms with Gasteiger partial charge >= 0.3 is 19.8 Å². The van der Waals surface area contributed by atoms with Gasteiger partial charge in [-0.25, -0.2) is 4.57 Å². The van der Waals surface area contributed by atoms with E-state index in [0.717, 1.165) is 57.8 Å². The maximum absolute atomic E-state index is 12.6. The predicted octanol–water partition coefficient (Wildman–Crippen LogP) is 13.3. The van der Waals surface area contributed by atoms with Crippen molar-refractivity contribution in [2.75, 3.05) is 26.4 Å². The molecule has 0 fully saturated rings. The van der Waals surface area contributed by atoms with Gasteiger partial charge in [-0.15, -0.1) is 0 Å². The molecule has 1 unspecified atom stereocenters. The normalized spacial score (nSPS) is 13.8. The molecule has 0 heterocycles. The monoisotopic (exact) mass is 822 g/mol. The molecule has 0 radical (unpaired) electrons. The lowest BCUT2D eigenvalue weighted by atomic mass is 10.1. The second-order valence-electron chi connectivity index (χ2n) is 14.9. The summed E-state index contributed by atoms with van der Waals surface area (Å²) in [5.74, 6) is -0.905. The van der Waals surface area contributed by atoms with Gasteiger partial charge in [-0.05, 0) is 77.0 Å². The van der Waals surface area contributed by atoms with Gasteiger partial charge in [0.15, 0.2) is 6.10 Å². The summed E-state index contributed by atoms with van der Waals surface area (Å²) in [5.41, 5.74) is 5.35. The van der Waals surface area contributed by atoms with Gasteiger partial charge in [-0.2, -0.15) is 0 Å². The molecule has 0 aromatic heterocycles. The maximum atomic E-state index is 12.6. The third-order valence-corrected chi connectivity index (χ3v) is 10.4. The molecule has 0 saturated heterocycles. The minimum absolute atomic E-state index is 0.0427. The highest BCUT2D eigenvalue weighted by molar-refractivity contribution is 7.47.